The maximum Gasteiger partial charge on any atom is 0.241 e. The molecule has 2 N–H and O–H groups in total. The SMILES string of the molecule is O=S(=O)(NCCC1CCOC1)c1csc(CO)c1. The van der Waals surface area contributed by atoms with Crippen LogP contribution in [0.4, 0.5) is 0 Å². The van der Waals surface area contributed by atoms with Crippen molar-refractivity contribution in [2.75, 3.05) is 19.8 Å². The van der Waals surface area contributed by atoms with E-state index in [0.29, 0.717) is 17.3 Å². The lowest BCUT2D eigenvalue weighted by Gasteiger charge is -2.08. The molecule has 102 valence electrons. The maximum absolute atomic E-state index is 11.9. The molecular weight excluding hydrogens is 274 g/mol. The summed E-state index contributed by atoms with van der Waals surface area (Å²) in [5, 5.41) is 10.5. The third-order valence-electron chi connectivity index (χ3n) is 2.96. The average Bonchev–Trinajstić information content (AvgIpc) is 2.99. The first-order valence-corrected chi connectivity index (χ1v) is 8.24. The van der Waals surface area contributed by atoms with E-state index in [1.54, 1.807) is 5.38 Å². The topological polar surface area (TPSA) is 75.6 Å². The molecule has 0 saturated carbocycles. The maximum atomic E-state index is 11.9. The lowest BCUT2D eigenvalue weighted by Crippen LogP contribution is -2.26. The number of aliphatic hydroxyl groups excluding tert-OH is 1. The van der Waals surface area contributed by atoms with Gasteiger partial charge in [-0.25, -0.2) is 13.1 Å². The fourth-order valence-corrected chi connectivity index (χ4v) is 4.06. The number of hydrogen-bond acceptors (Lipinski definition) is 5. The standard InChI is InChI=1S/C11H17NO4S2/c13-6-10-5-11(8-17-10)18(14,15)12-3-1-9-2-4-16-7-9/h5,8-9,12-13H,1-4,6-7H2. The lowest BCUT2D eigenvalue weighted by atomic mass is 10.1. The second-order valence-corrected chi connectivity index (χ2v) is 7.09. The third kappa shape index (κ3) is 3.52. The predicted molar refractivity (Wildman–Crippen MR) is 69.0 cm³/mol. The van der Waals surface area contributed by atoms with Gasteiger partial charge < -0.3 is 9.84 Å². The van der Waals surface area contributed by atoms with Crippen LogP contribution in [-0.2, 0) is 21.4 Å². The molecule has 1 aliphatic rings. The van der Waals surface area contributed by atoms with Crippen LogP contribution in [0.1, 0.15) is 17.7 Å². The zero-order valence-corrected chi connectivity index (χ0v) is 11.6. The van der Waals surface area contributed by atoms with Gasteiger partial charge >= 0.3 is 0 Å². The molecule has 2 heterocycles. The smallest absolute Gasteiger partial charge is 0.241 e. The molecule has 0 aliphatic carbocycles. The molecule has 0 amide bonds. The van der Waals surface area contributed by atoms with Crippen LogP contribution in [0.15, 0.2) is 16.3 Å². The Bertz CT molecular complexity index is 477. The molecular formula is C11H17NO4S2. The molecule has 1 fully saturated rings. The molecule has 0 radical (unpaired) electrons. The third-order valence-corrected chi connectivity index (χ3v) is 5.48. The number of hydrogen-bond donors (Lipinski definition) is 2. The fourth-order valence-electron chi connectivity index (χ4n) is 1.88. The van der Waals surface area contributed by atoms with Gasteiger partial charge in [0, 0.05) is 30.0 Å². The number of sulfonamides is 1. The second-order valence-electron chi connectivity index (χ2n) is 4.32. The summed E-state index contributed by atoms with van der Waals surface area (Å²) < 4.78 is 31.7. The van der Waals surface area contributed by atoms with Crippen molar-refractivity contribution in [3.05, 3.63) is 16.3 Å². The number of thiophene rings is 1. The average molecular weight is 291 g/mol. The Morgan fingerprint density at radius 2 is 2.39 bits per heavy atom. The summed E-state index contributed by atoms with van der Waals surface area (Å²) in [7, 11) is -3.43. The predicted octanol–water partition coefficient (Wildman–Crippen LogP) is 0.945. The molecule has 0 spiro atoms. The monoisotopic (exact) mass is 291 g/mol. The Kier molecular flexibility index (Phi) is 4.74. The molecule has 0 aromatic carbocycles. The van der Waals surface area contributed by atoms with E-state index in [1.165, 1.54) is 17.4 Å². The van der Waals surface area contributed by atoms with E-state index in [2.05, 4.69) is 4.72 Å². The molecule has 2 rings (SSSR count). The highest BCUT2D eigenvalue weighted by molar-refractivity contribution is 7.89. The van der Waals surface area contributed by atoms with Crippen LogP contribution in [0.2, 0.25) is 0 Å². The number of rotatable bonds is 6. The van der Waals surface area contributed by atoms with Crippen molar-refractivity contribution in [2.24, 2.45) is 5.92 Å². The van der Waals surface area contributed by atoms with E-state index < -0.39 is 10.0 Å². The Morgan fingerprint density at radius 3 is 3.00 bits per heavy atom. The Morgan fingerprint density at radius 1 is 1.56 bits per heavy atom. The quantitative estimate of drug-likeness (QED) is 0.818. The van der Waals surface area contributed by atoms with Crippen LogP contribution in [0, 0.1) is 5.92 Å². The van der Waals surface area contributed by atoms with Crippen molar-refractivity contribution in [1.82, 2.24) is 4.72 Å². The Labute approximate surface area is 111 Å². The van der Waals surface area contributed by atoms with Gasteiger partial charge in [0.15, 0.2) is 0 Å². The number of aliphatic hydroxyl groups is 1. The number of ether oxygens (including phenoxy) is 1. The van der Waals surface area contributed by atoms with E-state index >= 15 is 0 Å². The van der Waals surface area contributed by atoms with Gasteiger partial charge in [0.25, 0.3) is 0 Å². The first-order valence-electron chi connectivity index (χ1n) is 5.87. The zero-order valence-electron chi connectivity index (χ0n) is 9.96. The molecule has 1 aliphatic heterocycles. The summed E-state index contributed by atoms with van der Waals surface area (Å²) in [6.07, 6.45) is 1.81. The minimum atomic E-state index is -3.43. The van der Waals surface area contributed by atoms with E-state index in [1.807, 2.05) is 0 Å². The van der Waals surface area contributed by atoms with E-state index in [-0.39, 0.29) is 11.5 Å². The Hall–Kier alpha value is -0.470. The highest BCUT2D eigenvalue weighted by atomic mass is 32.2. The van der Waals surface area contributed by atoms with E-state index in [4.69, 9.17) is 9.84 Å². The molecule has 1 atom stereocenters. The first kappa shape index (κ1) is 14.0. The highest BCUT2D eigenvalue weighted by Gasteiger charge is 2.19. The normalized spacial score (nSPS) is 20.4. The van der Waals surface area contributed by atoms with Crippen molar-refractivity contribution < 1.29 is 18.3 Å². The van der Waals surface area contributed by atoms with Gasteiger partial charge in [-0.3, -0.25) is 0 Å². The van der Waals surface area contributed by atoms with Gasteiger partial charge in [-0.05, 0) is 24.8 Å². The molecule has 1 aromatic heterocycles. The van der Waals surface area contributed by atoms with Crippen LogP contribution >= 0.6 is 11.3 Å². The fraction of sp³-hybridized carbons (Fsp3) is 0.636. The molecule has 18 heavy (non-hydrogen) atoms. The van der Waals surface area contributed by atoms with Crippen molar-refractivity contribution in [1.29, 1.82) is 0 Å². The largest absolute Gasteiger partial charge is 0.391 e. The van der Waals surface area contributed by atoms with Crippen LogP contribution in [0.5, 0.6) is 0 Å². The van der Waals surface area contributed by atoms with Gasteiger partial charge in [-0.2, -0.15) is 0 Å². The van der Waals surface area contributed by atoms with Crippen LogP contribution < -0.4 is 4.72 Å². The highest BCUT2D eigenvalue weighted by Crippen LogP contribution is 2.20. The Balaban J connectivity index is 1.86. The van der Waals surface area contributed by atoms with Gasteiger partial charge in [0.05, 0.1) is 11.5 Å². The van der Waals surface area contributed by atoms with Gasteiger partial charge in [0.1, 0.15) is 0 Å². The second kappa shape index (κ2) is 6.12. The van der Waals surface area contributed by atoms with Crippen molar-refractivity contribution in [2.45, 2.75) is 24.3 Å². The summed E-state index contributed by atoms with van der Waals surface area (Å²) in [5.74, 6) is 0.461. The van der Waals surface area contributed by atoms with E-state index in [9.17, 15) is 8.42 Å². The summed E-state index contributed by atoms with van der Waals surface area (Å²) in [6, 6.07) is 1.51. The molecule has 1 unspecified atom stereocenters. The molecule has 5 nitrogen and oxygen atoms in total. The summed E-state index contributed by atoms with van der Waals surface area (Å²) >= 11 is 1.25. The zero-order chi connectivity index (χ0) is 13.0. The summed E-state index contributed by atoms with van der Waals surface area (Å²) in [6.45, 7) is 1.82. The minimum absolute atomic E-state index is 0.125. The van der Waals surface area contributed by atoms with Crippen LogP contribution in [-0.4, -0.2) is 33.3 Å². The van der Waals surface area contributed by atoms with Crippen molar-refractivity contribution in [3.8, 4) is 0 Å². The minimum Gasteiger partial charge on any atom is -0.391 e. The van der Waals surface area contributed by atoms with E-state index in [0.717, 1.165) is 26.1 Å². The summed E-state index contributed by atoms with van der Waals surface area (Å²) in [5.41, 5.74) is 0. The number of nitrogens with one attached hydrogen (secondary N) is 1. The molecule has 1 aromatic rings. The van der Waals surface area contributed by atoms with Crippen molar-refractivity contribution >= 4 is 21.4 Å². The van der Waals surface area contributed by atoms with Crippen LogP contribution in [0.25, 0.3) is 0 Å². The van der Waals surface area contributed by atoms with Gasteiger partial charge in [-0.1, -0.05) is 0 Å². The lowest BCUT2D eigenvalue weighted by molar-refractivity contribution is 0.184. The van der Waals surface area contributed by atoms with Crippen molar-refractivity contribution in [3.63, 3.8) is 0 Å². The molecule has 0 bridgehead atoms. The van der Waals surface area contributed by atoms with Crippen LogP contribution in [0.3, 0.4) is 0 Å². The summed E-state index contributed by atoms with van der Waals surface area (Å²) in [4.78, 5) is 0.888. The van der Waals surface area contributed by atoms with Gasteiger partial charge in [0.2, 0.25) is 10.0 Å². The first-order chi connectivity index (χ1) is 8.62. The molecule has 7 heteroatoms. The van der Waals surface area contributed by atoms with Gasteiger partial charge in [-0.15, -0.1) is 11.3 Å². The molecule has 1 saturated heterocycles.